The molecule has 1 aliphatic carbocycles. The number of aromatic nitrogens is 1. The quantitative estimate of drug-likeness (QED) is 0.615. The van der Waals surface area contributed by atoms with E-state index in [-0.39, 0.29) is 5.82 Å². The van der Waals surface area contributed by atoms with Gasteiger partial charge in [0.1, 0.15) is 5.82 Å². The third-order valence-electron chi connectivity index (χ3n) is 3.42. The Morgan fingerprint density at radius 3 is 2.83 bits per heavy atom. The van der Waals surface area contributed by atoms with Crippen molar-refractivity contribution in [2.45, 2.75) is 25.7 Å². The highest BCUT2D eigenvalue weighted by Crippen LogP contribution is 2.36. The number of fused-ring (bicyclic) bond motifs is 2. The summed E-state index contributed by atoms with van der Waals surface area (Å²) in [5, 5.41) is 1.06. The van der Waals surface area contributed by atoms with Gasteiger partial charge in [0.05, 0.1) is 16.2 Å². The lowest BCUT2D eigenvalue weighted by molar-refractivity contribution is 0.629. The van der Waals surface area contributed by atoms with Crippen LogP contribution in [0, 0.1) is 5.82 Å². The third-order valence-corrected chi connectivity index (χ3v) is 3.72. The van der Waals surface area contributed by atoms with Gasteiger partial charge in [0.25, 0.3) is 0 Å². The molecule has 1 aliphatic rings. The lowest BCUT2D eigenvalue weighted by atomic mass is 9.93. The molecule has 1 aromatic heterocycles. The van der Waals surface area contributed by atoms with Crippen LogP contribution >= 0.6 is 11.6 Å². The van der Waals surface area contributed by atoms with E-state index in [9.17, 15) is 4.39 Å². The molecule has 0 saturated carbocycles. The zero-order chi connectivity index (χ0) is 12.7. The van der Waals surface area contributed by atoms with Crippen LogP contribution in [-0.2, 0) is 12.8 Å². The van der Waals surface area contributed by atoms with Crippen LogP contribution in [-0.4, -0.2) is 4.98 Å². The van der Waals surface area contributed by atoms with Gasteiger partial charge < -0.3 is 5.43 Å². The Kier molecular flexibility index (Phi) is 2.84. The maximum absolute atomic E-state index is 13.4. The summed E-state index contributed by atoms with van der Waals surface area (Å²) in [5.41, 5.74) is 6.19. The van der Waals surface area contributed by atoms with E-state index in [0.717, 1.165) is 42.6 Å². The average Bonchev–Trinajstić information content (AvgIpc) is 2.35. The van der Waals surface area contributed by atoms with Crippen LogP contribution < -0.4 is 11.3 Å². The van der Waals surface area contributed by atoms with E-state index < -0.39 is 0 Å². The van der Waals surface area contributed by atoms with Crippen LogP contribution in [0.1, 0.15) is 24.1 Å². The number of hydrazine groups is 1. The summed E-state index contributed by atoms with van der Waals surface area (Å²) in [6, 6.07) is 2.69. The maximum atomic E-state index is 13.4. The van der Waals surface area contributed by atoms with Crippen LogP contribution in [0.15, 0.2) is 12.1 Å². The predicted octanol–water partition coefficient (Wildman–Crippen LogP) is 3.19. The number of nitrogens with one attached hydrogen (secondary N) is 1. The molecule has 5 heteroatoms. The number of nitrogens with zero attached hydrogens (tertiary/aromatic N) is 1. The summed E-state index contributed by atoms with van der Waals surface area (Å²) in [7, 11) is 0. The van der Waals surface area contributed by atoms with E-state index in [0.29, 0.717) is 15.9 Å². The summed E-state index contributed by atoms with van der Waals surface area (Å²) in [5.74, 6) is 5.24. The number of anilines is 1. The maximum Gasteiger partial charge on any atom is 0.126 e. The molecule has 2 aromatic rings. The first-order valence-electron chi connectivity index (χ1n) is 5.98. The Balaban J connectivity index is 2.40. The number of hydrogen-bond acceptors (Lipinski definition) is 3. The van der Waals surface area contributed by atoms with Crippen molar-refractivity contribution in [3.63, 3.8) is 0 Å². The van der Waals surface area contributed by atoms with Gasteiger partial charge in [0, 0.05) is 17.1 Å². The van der Waals surface area contributed by atoms with Gasteiger partial charge >= 0.3 is 0 Å². The monoisotopic (exact) mass is 265 g/mol. The number of rotatable bonds is 1. The smallest absolute Gasteiger partial charge is 0.126 e. The van der Waals surface area contributed by atoms with Gasteiger partial charge in [0.2, 0.25) is 0 Å². The molecule has 18 heavy (non-hydrogen) atoms. The summed E-state index contributed by atoms with van der Waals surface area (Å²) < 4.78 is 13.4. The summed E-state index contributed by atoms with van der Waals surface area (Å²) in [6.07, 6.45) is 4.08. The van der Waals surface area contributed by atoms with Crippen molar-refractivity contribution in [2.24, 2.45) is 5.84 Å². The lowest BCUT2D eigenvalue weighted by Crippen LogP contribution is -2.15. The molecule has 1 heterocycles. The Hall–Kier alpha value is -1.39. The van der Waals surface area contributed by atoms with Crippen LogP contribution in [0.5, 0.6) is 0 Å². The minimum absolute atomic E-state index is 0.346. The SMILES string of the molecule is NNc1c2c(nc3cc(F)cc(Cl)c13)CCCC2. The standard InChI is InChI=1S/C13H13ClFN3/c14-9-5-7(15)6-11-12(9)13(18-16)8-3-1-2-4-10(8)17-11/h5-6H,1-4,16H2,(H,17,18). The molecule has 0 radical (unpaired) electrons. The highest BCUT2D eigenvalue weighted by Gasteiger charge is 2.19. The zero-order valence-corrected chi connectivity index (χ0v) is 10.5. The molecule has 3 N–H and O–H groups in total. The largest absolute Gasteiger partial charge is 0.323 e. The first kappa shape index (κ1) is 11.7. The van der Waals surface area contributed by atoms with Crippen molar-refractivity contribution in [3.05, 3.63) is 34.2 Å². The first-order chi connectivity index (χ1) is 8.70. The summed E-state index contributed by atoms with van der Waals surface area (Å²) in [6.45, 7) is 0. The van der Waals surface area contributed by atoms with Crippen molar-refractivity contribution in [3.8, 4) is 0 Å². The fourth-order valence-corrected chi connectivity index (χ4v) is 2.93. The van der Waals surface area contributed by atoms with Gasteiger partial charge in [-0.25, -0.2) is 4.39 Å². The van der Waals surface area contributed by atoms with E-state index in [2.05, 4.69) is 10.4 Å². The van der Waals surface area contributed by atoms with Crippen molar-refractivity contribution >= 4 is 28.2 Å². The molecule has 0 spiro atoms. The number of pyridine rings is 1. The van der Waals surface area contributed by atoms with Gasteiger partial charge in [-0.05, 0) is 37.3 Å². The molecule has 0 bridgehead atoms. The molecule has 1 aromatic carbocycles. The summed E-state index contributed by atoms with van der Waals surface area (Å²) in [4.78, 5) is 4.53. The third kappa shape index (κ3) is 1.72. The minimum atomic E-state index is -0.376. The van der Waals surface area contributed by atoms with Gasteiger partial charge in [-0.1, -0.05) is 11.6 Å². The molecule has 0 saturated heterocycles. The predicted molar refractivity (Wildman–Crippen MR) is 71.2 cm³/mol. The molecule has 94 valence electrons. The van der Waals surface area contributed by atoms with Crippen LogP contribution in [0.2, 0.25) is 5.02 Å². The fraction of sp³-hybridized carbons (Fsp3) is 0.308. The van der Waals surface area contributed by atoms with Gasteiger partial charge in [-0.3, -0.25) is 10.8 Å². The minimum Gasteiger partial charge on any atom is -0.323 e. The van der Waals surface area contributed by atoms with E-state index in [1.807, 2.05) is 0 Å². The van der Waals surface area contributed by atoms with Crippen LogP contribution in [0.3, 0.4) is 0 Å². The molecular weight excluding hydrogens is 253 g/mol. The van der Waals surface area contributed by atoms with E-state index in [4.69, 9.17) is 17.4 Å². The van der Waals surface area contributed by atoms with Crippen molar-refractivity contribution in [1.82, 2.24) is 4.98 Å². The fourth-order valence-electron chi connectivity index (χ4n) is 2.63. The van der Waals surface area contributed by atoms with Crippen LogP contribution in [0.25, 0.3) is 10.9 Å². The molecule has 3 rings (SSSR count). The second-order valence-electron chi connectivity index (χ2n) is 4.55. The highest BCUT2D eigenvalue weighted by atomic mass is 35.5. The average molecular weight is 266 g/mol. The molecule has 0 fully saturated rings. The Labute approximate surface area is 109 Å². The number of nitrogens with two attached hydrogens (primary N) is 1. The molecule has 3 nitrogen and oxygen atoms in total. The molecular formula is C13H13ClFN3. The Bertz CT molecular complexity index is 627. The normalized spacial score (nSPS) is 14.6. The van der Waals surface area contributed by atoms with Crippen LogP contribution in [0.4, 0.5) is 10.1 Å². The second kappa shape index (κ2) is 4.37. The Morgan fingerprint density at radius 1 is 1.28 bits per heavy atom. The van der Waals surface area contributed by atoms with Gasteiger partial charge in [-0.15, -0.1) is 0 Å². The molecule has 0 unspecified atom stereocenters. The molecule has 0 atom stereocenters. The van der Waals surface area contributed by atoms with Gasteiger partial charge in [0.15, 0.2) is 0 Å². The van der Waals surface area contributed by atoms with Crippen molar-refractivity contribution < 1.29 is 4.39 Å². The van der Waals surface area contributed by atoms with Crippen molar-refractivity contribution in [1.29, 1.82) is 0 Å². The van der Waals surface area contributed by atoms with E-state index in [1.165, 1.54) is 12.1 Å². The van der Waals surface area contributed by atoms with Crippen molar-refractivity contribution in [2.75, 3.05) is 5.43 Å². The number of benzene rings is 1. The number of halogens is 2. The molecule has 0 aliphatic heterocycles. The van der Waals surface area contributed by atoms with E-state index >= 15 is 0 Å². The second-order valence-corrected chi connectivity index (χ2v) is 4.95. The van der Waals surface area contributed by atoms with Gasteiger partial charge in [-0.2, -0.15) is 0 Å². The molecule has 0 amide bonds. The first-order valence-corrected chi connectivity index (χ1v) is 6.35. The topological polar surface area (TPSA) is 50.9 Å². The number of aryl methyl sites for hydroxylation is 1. The summed E-state index contributed by atoms with van der Waals surface area (Å²) >= 11 is 6.11. The van der Waals surface area contributed by atoms with E-state index in [1.54, 1.807) is 0 Å². The Morgan fingerprint density at radius 2 is 2.06 bits per heavy atom. The lowest BCUT2D eigenvalue weighted by Gasteiger charge is -2.20. The highest BCUT2D eigenvalue weighted by molar-refractivity contribution is 6.36. The number of hydrogen-bond donors (Lipinski definition) is 2. The number of nitrogen functional groups attached to an aromatic ring is 1. The zero-order valence-electron chi connectivity index (χ0n) is 9.76.